The second-order valence-electron chi connectivity index (χ2n) is 14.6. The molecule has 0 aliphatic carbocycles. The molecule has 0 aliphatic rings. The largest absolute Gasteiger partial charge is 0.456 e. The van der Waals surface area contributed by atoms with Gasteiger partial charge in [-0.2, -0.15) is 0 Å². The van der Waals surface area contributed by atoms with Crippen LogP contribution in [0.1, 0.15) is 26.3 Å². The van der Waals surface area contributed by atoms with Crippen LogP contribution in [0.2, 0.25) is 0 Å². The molecule has 1 aromatic heterocycles. The summed E-state index contributed by atoms with van der Waals surface area (Å²) in [5.74, 6) is 0.926. The van der Waals surface area contributed by atoms with Gasteiger partial charge in [-0.05, 0) is 91.7 Å². The first-order valence-electron chi connectivity index (χ1n) is 18.0. The number of para-hydroxylation sites is 1. The van der Waals surface area contributed by atoms with Gasteiger partial charge in [-0.3, -0.25) is 0 Å². The average Bonchev–Trinajstić information content (AvgIpc) is 3.60. The summed E-state index contributed by atoms with van der Waals surface area (Å²) in [6, 6.07) is 65.4. The lowest BCUT2D eigenvalue weighted by atomic mass is 9.83. The van der Waals surface area contributed by atoms with Crippen LogP contribution >= 0.6 is 0 Å². The standard InChI is InChI=1S/C50H39NO/c1-50(2,3)48-46-18-9-10-19-47(46)52-49(48)40-15-11-16-42(33-40)51(43-30-31-45-39(32-43)25-24-38-14-7-8-17-44(38)45)41-28-26-37(27-29-41)36-22-20-35(21-23-36)34-12-5-4-6-13-34/h4-33H,1-3H3. The number of anilines is 3. The molecular formula is C50H39NO. The molecule has 2 heteroatoms. The monoisotopic (exact) mass is 669 g/mol. The maximum atomic E-state index is 6.64. The third kappa shape index (κ3) is 5.73. The predicted octanol–water partition coefficient (Wildman–Crippen LogP) is 14.5. The zero-order valence-corrected chi connectivity index (χ0v) is 29.7. The Kier molecular flexibility index (Phi) is 7.74. The Morgan fingerprint density at radius 3 is 1.65 bits per heavy atom. The third-order valence-corrected chi connectivity index (χ3v) is 10.1. The van der Waals surface area contributed by atoms with Gasteiger partial charge in [0.1, 0.15) is 11.3 Å². The third-order valence-electron chi connectivity index (χ3n) is 10.1. The van der Waals surface area contributed by atoms with Crippen LogP contribution in [0.3, 0.4) is 0 Å². The molecular weight excluding hydrogens is 631 g/mol. The minimum Gasteiger partial charge on any atom is -0.456 e. The van der Waals surface area contributed by atoms with Crippen molar-refractivity contribution in [3.8, 4) is 33.6 Å². The van der Waals surface area contributed by atoms with Crippen molar-refractivity contribution < 1.29 is 4.42 Å². The fourth-order valence-corrected chi connectivity index (χ4v) is 7.66. The number of nitrogens with zero attached hydrogens (tertiary/aromatic N) is 1. The van der Waals surface area contributed by atoms with Crippen LogP contribution in [0.5, 0.6) is 0 Å². The normalized spacial score (nSPS) is 11.8. The van der Waals surface area contributed by atoms with Gasteiger partial charge in [0, 0.05) is 33.6 Å². The molecule has 0 aliphatic heterocycles. The molecule has 9 rings (SSSR count). The second-order valence-corrected chi connectivity index (χ2v) is 14.6. The lowest BCUT2D eigenvalue weighted by molar-refractivity contribution is 0.568. The summed E-state index contributed by atoms with van der Waals surface area (Å²) in [5.41, 5.74) is 11.2. The van der Waals surface area contributed by atoms with E-state index in [2.05, 4.69) is 202 Å². The molecule has 0 fully saturated rings. The van der Waals surface area contributed by atoms with Crippen LogP contribution in [0, 0.1) is 0 Å². The van der Waals surface area contributed by atoms with E-state index in [1.54, 1.807) is 0 Å². The molecule has 250 valence electrons. The van der Waals surface area contributed by atoms with Crippen LogP contribution in [0.4, 0.5) is 17.1 Å². The van der Waals surface area contributed by atoms with Crippen LogP contribution < -0.4 is 4.90 Å². The van der Waals surface area contributed by atoms with Crippen LogP contribution in [-0.4, -0.2) is 0 Å². The molecule has 0 saturated heterocycles. The molecule has 0 spiro atoms. The molecule has 0 bridgehead atoms. The molecule has 0 amide bonds. The van der Waals surface area contributed by atoms with Crippen molar-refractivity contribution in [2.45, 2.75) is 26.2 Å². The molecule has 8 aromatic carbocycles. The van der Waals surface area contributed by atoms with Crippen molar-refractivity contribution in [1.29, 1.82) is 0 Å². The van der Waals surface area contributed by atoms with Gasteiger partial charge in [0.15, 0.2) is 0 Å². The highest BCUT2D eigenvalue weighted by molar-refractivity contribution is 6.08. The Balaban J connectivity index is 1.16. The molecule has 0 unspecified atom stereocenters. The Morgan fingerprint density at radius 1 is 0.385 bits per heavy atom. The number of fused-ring (bicyclic) bond motifs is 4. The van der Waals surface area contributed by atoms with Crippen LogP contribution in [-0.2, 0) is 5.41 Å². The number of hydrogen-bond acceptors (Lipinski definition) is 2. The van der Waals surface area contributed by atoms with Crippen molar-refractivity contribution >= 4 is 49.6 Å². The van der Waals surface area contributed by atoms with Gasteiger partial charge >= 0.3 is 0 Å². The van der Waals surface area contributed by atoms with Gasteiger partial charge in [0.2, 0.25) is 0 Å². The number of benzene rings is 8. The zero-order valence-electron chi connectivity index (χ0n) is 29.7. The Bertz CT molecular complexity index is 2700. The van der Waals surface area contributed by atoms with Crippen molar-refractivity contribution in [2.75, 3.05) is 4.90 Å². The summed E-state index contributed by atoms with van der Waals surface area (Å²) in [7, 11) is 0. The van der Waals surface area contributed by atoms with Gasteiger partial charge in [0.25, 0.3) is 0 Å². The summed E-state index contributed by atoms with van der Waals surface area (Å²) in [6.07, 6.45) is 0. The zero-order chi connectivity index (χ0) is 35.2. The smallest absolute Gasteiger partial charge is 0.139 e. The summed E-state index contributed by atoms with van der Waals surface area (Å²) in [4.78, 5) is 2.36. The molecule has 1 heterocycles. The van der Waals surface area contributed by atoms with Crippen molar-refractivity contribution in [3.63, 3.8) is 0 Å². The quantitative estimate of drug-likeness (QED) is 0.164. The van der Waals surface area contributed by atoms with E-state index < -0.39 is 0 Å². The predicted molar refractivity (Wildman–Crippen MR) is 221 cm³/mol. The van der Waals surface area contributed by atoms with E-state index in [4.69, 9.17) is 4.42 Å². The minimum atomic E-state index is -0.103. The van der Waals surface area contributed by atoms with Crippen LogP contribution in [0.15, 0.2) is 186 Å². The van der Waals surface area contributed by atoms with Crippen molar-refractivity contribution in [1.82, 2.24) is 0 Å². The highest BCUT2D eigenvalue weighted by Crippen LogP contribution is 2.44. The molecule has 0 atom stereocenters. The van der Waals surface area contributed by atoms with E-state index in [1.165, 1.54) is 54.7 Å². The first-order valence-corrected chi connectivity index (χ1v) is 18.0. The Morgan fingerprint density at radius 2 is 0.923 bits per heavy atom. The first-order chi connectivity index (χ1) is 25.4. The number of hydrogen-bond donors (Lipinski definition) is 0. The first kappa shape index (κ1) is 31.6. The summed E-state index contributed by atoms with van der Waals surface area (Å²) in [6.45, 7) is 6.79. The molecule has 0 radical (unpaired) electrons. The van der Waals surface area contributed by atoms with Gasteiger partial charge in [0.05, 0.1) is 0 Å². The maximum Gasteiger partial charge on any atom is 0.139 e. The molecule has 9 aromatic rings. The van der Waals surface area contributed by atoms with Gasteiger partial charge in [-0.25, -0.2) is 0 Å². The summed E-state index contributed by atoms with van der Waals surface area (Å²) >= 11 is 0. The highest BCUT2D eigenvalue weighted by Gasteiger charge is 2.26. The molecule has 0 saturated carbocycles. The van der Waals surface area contributed by atoms with Gasteiger partial charge in [-0.15, -0.1) is 0 Å². The lowest BCUT2D eigenvalue weighted by Crippen LogP contribution is -2.12. The summed E-state index contributed by atoms with van der Waals surface area (Å²) in [5, 5.41) is 6.14. The molecule has 0 N–H and O–H groups in total. The Hall–Kier alpha value is -6.38. The molecule has 2 nitrogen and oxygen atoms in total. The average molecular weight is 670 g/mol. The fraction of sp³-hybridized carbons (Fsp3) is 0.0800. The van der Waals surface area contributed by atoms with Gasteiger partial charge in [-0.1, -0.05) is 160 Å². The van der Waals surface area contributed by atoms with Crippen molar-refractivity contribution in [3.05, 3.63) is 188 Å². The second kappa shape index (κ2) is 12.7. The fourth-order valence-electron chi connectivity index (χ4n) is 7.66. The number of rotatable bonds is 6. The van der Waals surface area contributed by atoms with E-state index in [1.807, 2.05) is 6.07 Å². The Labute approximate surface area is 305 Å². The van der Waals surface area contributed by atoms with E-state index in [0.29, 0.717) is 0 Å². The topological polar surface area (TPSA) is 16.4 Å². The highest BCUT2D eigenvalue weighted by atomic mass is 16.3. The van der Waals surface area contributed by atoms with Crippen molar-refractivity contribution in [2.24, 2.45) is 0 Å². The molecule has 52 heavy (non-hydrogen) atoms. The van der Waals surface area contributed by atoms with E-state index in [-0.39, 0.29) is 5.41 Å². The van der Waals surface area contributed by atoms with Crippen LogP contribution in [0.25, 0.3) is 66.1 Å². The van der Waals surface area contributed by atoms with E-state index >= 15 is 0 Å². The lowest BCUT2D eigenvalue weighted by Gasteiger charge is -2.27. The van der Waals surface area contributed by atoms with E-state index in [9.17, 15) is 0 Å². The van der Waals surface area contributed by atoms with Gasteiger partial charge < -0.3 is 9.32 Å². The number of furan rings is 1. The summed E-state index contributed by atoms with van der Waals surface area (Å²) < 4.78 is 6.64. The minimum absolute atomic E-state index is 0.103. The maximum absolute atomic E-state index is 6.64. The van der Waals surface area contributed by atoms with E-state index in [0.717, 1.165) is 34.0 Å². The SMILES string of the molecule is CC(C)(C)c1c(-c2cccc(N(c3ccc(-c4ccc(-c5ccccc5)cc4)cc3)c3ccc4c(ccc5ccccc54)c3)c2)oc2ccccc12.